The third-order valence-electron chi connectivity index (χ3n) is 4.79. The van der Waals surface area contributed by atoms with Gasteiger partial charge in [-0.1, -0.05) is 13.8 Å². The predicted molar refractivity (Wildman–Crippen MR) is 82.1 cm³/mol. The molecule has 1 N–H and O–H groups in total. The Bertz CT molecular complexity index is 448. The molecule has 0 aliphatic carbocycles. The van der Waals surface area contributed by atoms with Gasteiger partial charge < -0.3 is 10.2 Å². The van der Waals surface area contributed by atoms with E-state index in [0.29, 0.717) is 12.0 Å². The van der Waals surface area contributed by atoms with Crippen LogP contribution in [0, 0.1) is 0 Å². The number of fused-ring (bicyclic) bond motifs is 2. The fourth-order valence-electron chi connectivity index (χ4n) is 3.72. The van der Waals surface area contributed by atoms with Crippen LogP contribution in [0.15, 0.2) is 12.4 Å². The van der Waals surface area contributed by atoms with Crippen molar-refractivity contribution in [1.29, 1.82) is 0 Å². The number of rotatable bonds is 4. The third-order valence-corrected chi connectivity index (χ3v) is 4.79. The zero-order valence-corrected chi connectivity index (χ0v) is 12.8. The Morgan fingerprint density at radius 1 is 1.25 bits per heavy atom. The molecule has 110 valence electrons. The zero-order chi connectivity index (χ0) is 14.1. The summed E-state index contributed by atoms with van der Waals surface area (Å²) in [5, 5.41) is 3.72. The Hall–Kier alpha value is -1.16. The van der Waals surface area contributed by atoms with Gasteiger partial charge in [-0.25, -0.2) is 9.97 Å². The first kappa shape index (κ1) is 13.8. The first-order valence-electron chi connectivity index (χ1n) is 8.02. The molecule has 4 nitrogen and oxygen atoms in total. The van der Waals surface area contributed by atoms with Crippen molar-refractivity contribution in [1.82, 2.24) is 15.3 Å². The summed E-state index contributed by atoms with van der Waals surface area (Å²) in [7, 11) is 0. The Balaban J connectivity index is 1.80. The highest BCUT2D eigenvalue weighted by molar-refractivity contribution is 5.41. The molecule has 0 saturated carbocycles. The van der Waals surface area contributed by atoms with E-state index >= 15 is 0 Å². The van der Waals surface area contributed by atoms with Gasteiger partial charge in [0.25, 0.3) is 0 Å². The molecule has 20 heavy (non-hydrogen) atoms. The van der Waals surface area contributed by atoms with Crippen molar-refractivity contribution in [2.45, 2.75) is 70.5 Å². The van der Waals surface area contributed by atoms with Crippen molar-refractivity contribution in [3.05, 3.63) is 18.1 Å². The van der Waals surface area contributed by atoms with Gasteiger partial charge in [-0.15, -0.1) is 0 Å². The van der Waals surface area contributed by atoms with Crippen molar-refractivity contribution < 1.29 is 0 Å². The molecule has 1 aromatic heterocycles. The molecular formula is C16H26N4. The minimum absolute atomic E-state index is 0.458. The Morgan fingerprint density at radius 2 is 1.95 bits per heavy atom. The quantitative estimate of drug-likeness (QED) is 0.916. The van der Waals surface area contributed by atoms with Crippen molar-refractivity contribution in [3.63, 3.8) is 0 Å². The van der Waals surface area contributed by atoms with E-state index in [-0.39, 0.29) is 0 Å². The standard InChI is InChI=1S/C16H26N4/c1-4-20(14-7-12-5-6-13(8-14)19-12)16-9-15(11(2)3)17-10-18-16/h9-14,19H,4-8H2,1-3H3. The van der Waals surface area contributed by atoms with Crippen LogP contribution in [0.3, 0.4) is 0 Å². The summed E-state index contributed by atoms with van der Waals surface area (Å²) in [6.07, 6.45) is 6.93. The second-order valence-corrected chi connectivity index (χ2v) is 6.50. The van der Waals surface area contributed by atoms with E-state index in [1.165, 1.54) is 25.7 Å². The highest BCUT2D eigenvalue weighted by Gasteiger charge is 2.36. The maximum absolute atomic E-state index is 4.53. The largest absolute Gasteiger partial charge is 0.354 e. The van der Waals surface area contributed by atoms with E-state index in [1.54, 1.807) is 6.33 Å². The summed E-state index contributed by atoms with van der Waals surface area (Å²) >= 11 is 0. The monoisotopic (exact) mass is 274 g/mol. The molecule has 0 spiro atoms. The Morgan fingerprint density at radius 3 is 2.55 bits per heavy atom. The zero-order valence-electron chi connectivity index (χ0n) is 12.8. The van der Waals surface area contributed by atoms with Gasteiger partial charge in [0.2, 0.25) is 0 Å². The Kier molecular flexibility index (Phi) is 3.92. The first-order valence-corrected chi connectivity index (χ1v) is 8.02. The lowest BCUT2D eigenvalue weighted by atomic mass is 9.98. The van der Waals surface area contributed by atoms with Crippen LogP contribution in [0.5, 0.6) is 0 Å². The lowest BCUT2D eigenvalue weighted by Gasteiger charge is -2.38. The molecule has 0 aromatic carbocycles. The molecule has 0 radical (unpaired) electrons. The third kappa shape index (κ3) is 2.66. The summed E-state index contributed by atoms with van der Waals surface area (Å²) < 4.78 is 0. The number of nitrogens with one attached hydrogen (secondary N) is 1. The molecule has 0 amide bonds. The van der Waals surface area contributed by atoms with Crippen LogP contribution < -0.4 is 10.2 Å². The number of aromatic nitrogens is 2. The molecule has 2 aliphatic heterocycles. The SMILES string of the molecule is CCN(c1cc(C(C)C)ncn1)C1CC2CCC(C1)N2. The predicted octanol–water partition coefficient (Wildman–Crippen LogP) is 2.71. The number of hydrogen-bond donors (Lipinski definition) is 1. The minimum atomic E-state index is 0.458. The van der Waals surface area contributed by atoms with Gasteiger partial charge in [-0.05, 0) is 38.5 Å². The van der Waals surface area contributed by atoms with Gasteiger partial charge in [0.1, 0.15) is 12.1 Å². The summed E-state index contributed by atoms with van der Waals surface area (Å²) in [5.74, 6) is 1.57. The van der Waals surface area contributed by atoms with Gasteiger partial charge in [-0.3, -0.25) is 0 Å². The van der Waals surface area contributed by atoms with Gasteiger partial charge in [0.15, 0.2) is 0 Å². The van der Waals surface area contributed by atoms with E-state index < -0.39 is 0 Å². The van der Waals surface area contributed by atoms with E-state index in [9.17, 15) is 0 Å². The average molecular weight is 274 g/mol. The Labute approximate surface area is 122 Å². The highest BCUT2D eigenvalue weighted by Crippen LogP contribution is 2.31. The molecule has 3 rings (SSSR count). The second kappa shape index (κ2) is 5.68. The molecular weight excluding hydrogens is 248 g/mol. The van der Waals surface area contributed by atoms with Crippen LogP contribution in [-0.4, -0.2) is 34.6 Å². The lowest BCUT2D eigenvalue weighted by Crippen LogP contribution is -2.48. The van der Waals surface area contributed by atoms with Crippen LogP contribution in [0.25, 0.3) is 0 Å². The summed E-state index contributed by atoms with van der Waals surface area (Å²) in [5.41, 5.74) is 1.14. The molecule has 2 fully saturated rings. The maximum Gasteiger partial charge on any atom is 0.132 e. The van der Waals surface area contributed by atoms with Gasteiger partial charge in [-0.2, -0.15) is 0 Å². The van der Waals surface area contributed by atoms with Gasteiger partial charge in [0, 0.05) is 36.4 Å². The molecule has 3 heterocycles. The van der Waals surface area contributed by atoms with Crippen LogP contribution in [0.1, 0.15) is 58.1 Å². The van der Waals surface area contributed by atoms with Crippen LogP contribution in [0.2, 0.25) is 0 Å². The number of nitrogens with zero attached hydrogens (tertiary/aromatic N) is 3. The number of piperidine rings is 1. The molecule has 2 unspecified atom stereocenters. The van der Waals surface area contributed by atoms with Crippen molar-refractivity contribution >= 4 is 5.82 Å². The van der Waals surface area contributed by atoms with E-state index in [4.69, 9.17) is 0 Å². The summed E-state index contributed by atoms with van der Waals surface area (Å²) in [4.78, 5) is 11.4. The van der Waals surface area contributed by atoms with E-state index in [2.05, 4.69) is 47.0 Å². The topological polar surface area (TPSA) is 41.1 Å². The van der Waals surface area contributed by atoms with Gasteiger partial charge >= 0.3 is 0 Å². The minimum Gasteiger partial charge on any atom is -0.354 e. The molecule has 1 aromatic rings. The lowest BCUT2D eigenvalue weighted by molar-refractivity contribution is 0.348. The van der Waals surface area contributed by atoms with E-state index in [0.717, 1.165) is 30.1 Å². The summed E-state index contributed by atoms with van der Waals surface area (Å²) in [6, 6.07) is 4.25. The first-order chi connectivity index (χ1) is 9.67. The maximum atomic E-state index is 4.53. The van der Waals surface area contributed by atoms with Crippen LogP contribution in [-0.2, 0) is 0 Å². The summed E-state index contributed by atoms with van der Waals surface area (Å²) in [6.45, 7) is 7.64. The van der Waals surface area contributed by atoms with Crippen molar-refractivity contribution in [3.8, 4) is 0 Å². The van der Waals surface area contributed by atoms with Gasteiger partial charge in [0.05, 0.1) is 0 Å². The normalized spacial score (nSPS) is 28.9. The fourth-order valence-corrected chi connectivity index (χ4v) is 3.72. The van der Waals surface area contributed by atoms with Crippen LogP contribution >= 0.6 is 0 Å². The molecule has 2 saturated heterocycles. The number of anilines is 1. The molecule has 2 atom stereocenters. The molecule has 4 heteroatoms. The smallest absolute Gasteiger partial charge is 0.132 e. The highest BCUT2D eigenvalue weighted by atomic mass is 15.2. The molecule has 2 aliphatic rings. The van der Waals surface area contributed by atoms with E-state index in [1.807, 2.05) is 0 Å². The van der Waals surface area contributed by atoms with Crippen molar-refractivity contribution in [2.75, 3.05) is 11.4 Å². The number of hydrogen-bond acceptors (Lipinski definition) is 4. The average Bonchev–Trinajstić information content (AvgIpc) is 2.79. The second-order valence-electron chi connectivity index (χ2n) is 6.50. The van der Waals surface area contributed by atoms with Crippen LogP contribution in [0.4, 0.5) is 5.82 Å². The van der Waals surface area contributed by atoms with Crippen molar-refractivity contribution in [2.24, 2.45) is 0 Å². The fraction of sp³-hybridized carbons (Fsp3) is 0.750. The molecule has 2 bridgehead atoms.